The van der Waals surface area contributed by atoms with E-state index in [1.165, 1.54) is 75.6 Å². The maximum Gasteiger partial charge on any atom is 0.0786 e. The van der Waals surface area contributed by atoms with Gasteiger partial charge >= 0.3 is 0 Å². The van der Waals surface area contributed by atoms with E-state index in [1.807, 2.05) is 0 Å². The summed E-state index contributed by atoms with van der Waals surface area (Å²) in [5.74, 6) is 0. The summed E-state index contributed by atoms with van der Waals surface area (Å²) in [7, 11) is 0. The van der Waals surface area contributed by atoms with Crippen LogP contribution in [0, 0.1) is 0 Å². The lowest BCUT2D eigenvalue weighted by Gasteiger charge is -2.41. The number of unbranched alkanes of at least 4 members (excludes halogenated alkanes) is 2. The molecule has 0 bridgehead atoms. The van der Waals surface area contributed by atoms with Crippen molar-refractivity contribution in [1.29, 1.82) is 0 Å². The molecule has 0 aromatic carbocycles. The zero-order chi connectivity index (χ0) is 10.3. The van der Waals surface area contributed by atoms with Gasteiger partial charge in [0.1, 0.15) is 0 Å². The Morgan fingerprint density at radius 2 is 1.27 bits per heavy atom. The normalized spacial score (nSPS) is 19.6. The lowest BCUT2D eigenvalue weighted by atomic mass is 10.1. The van der Waals surface area contributed by atoms with Crippen LogP contribution in [0.2, 0.25) is 0 Å². The number of quaternary nitrogens is 1. The van der Waals surface area contributed by atoms with E-state index < -0.39 is 0 Å². The van der Waals surface area contributed by atoms with Crippen LogP contribution < -0.4 is 12.4 Å². The molecule has 0 atom stereocenters. The first-order chi connectivity index (χ1) is 6.83. The van der Waals surface area contributed by atoms with Gasteiger partial charge in [-0.15, -0.1) is 0 Å². The van der Waals surface area contributed by atoms with Crippen molar-refractivity contribution in [1.82, 2.24) is 0 Å². The van der Waals surface area contributed by atoms with Gasteiger partial charge in [-0.1, -0.05) is 26.7 Å². The lowest BCUT2D eigenvalue weighted by molar-refractivity contribution is -0.932. The van der Waals surface area contributed by atoms with Crippen molar-refractivity contribution in [2.45, 2.75) is 58.8 Å². The van der Waals surface area contributed by atoms with Crippen molar-refractivity contribution in [2.24, 2.45) is 0 Å². The predicted molar refractivity (Wildman–Crippen MR) is 63.4 cm³/mol. The number of piperidine rings is 1. The molecule has 0 amide bonds. The molecule has 0 aromatic heterocycles. The molecule has 0 aliphatic carbocycles. The molecule has 1 rings (SSSR count). The molecule has 1 heterocycles. The molecule has 0 spiro atoms. The SMILES string of the molecule is CCCC[N+]1(CCCC)CCCCC1.[Cl-]. The third-order valence-electron chi connectivity index (χ3n) is 3.74. The highest BCUT2D eigenvalue weighted by Gasteiger charge is 2.28. The molecule has 1 aliphatic rings. The van der Waals surface area contributed by atoms with Crippen LogP contribution in [0.4, 0.5) is 0 Å². The number of nitrogens with zero attached hydrogens (tertiary/aromatic N) is 1. The Labute approximate surface area is 102 Å². The quantitative estimate of drug-likeness (QED) is 0.590. The molecule has 1 saturated heterocycles. The number of hydrogen-bond donors (Lipinski definition) is 0. The first-order valence-electron chi connectivity index (χ1n) is 6.68. The van der Waals surface area contributed by atoms with Gasteiger partial charge in [0.25, 0.3) is 0 Å². The van der Waals surface area contributed by atoms with Gasteiger partial charge in [0.15, 0.2) is 0 Å². The van der Waals surface area contributed by atoms with Crippen LogP contribution >= 0.6 is 0 Å². The highest BCUT2D eigenvalue weighted by molar-refractivity contribution is 4.55. The fraction of sp³-hybridized carbons (Fsp3) is 1.00. The van der Waals surface area contributed by atoms with Crippen LogP contribution in [0.15, 0.2) is 0 Å². The van der Waals surface area contributed by atoms with E-state index in [0.717, 1.165) is 0 Å². The Hall–Kier alpha value is 0.250. The van der Waals surface area contributed by atoms with Crippen molar-refractivity contribution in [3.05, 3.63) is 0 Å². The Bertz CT molecular complexity index is 131. The van der Waals surface area contributed by atoms with Crippen LogP contribution in [0.1, 0.15) is 58.8 Å². The van der Waals surface area contributed by atoms with E-state index in [1.54, 1.807) is 0 Å². The Balaban J connectivity index is 0.00000196. The Morgan fingerprint density at radius 3 is 1.67 bits per heavy atom. The van der Waals surface area contributed by atoms with Gasteiger partial charge < -0.3 is 16.9 Å². The summed E-state index contributed by atoms with van der Waals surface area (Å²) in [5.41, 5.74) is 0. The number of likely N-dealkylation sites (tertiary alicyclic amines) is 1. The van der Waals surface area contributed by atoms with Crippen LogP contribution in [-0.4, -0.2) is 30.7 Å². The molecule has 0 unspecified atom stereocenters. The molecule has 1 fully saturated rings. The number of halogens is 1. The highest BCUT2D eigenvalue weighted by atomic mass is 35.5. The third-order valence-corrected chi connectivity index (χ3v) is 3.74. The molecule has 15 heavy (non-hydrogen) atoms. The molecule has 0 saturated carbocycles. The van der Waals surface area contributed by atoms with E-state index in [-0.39, 0.29) is 12.4 Å². The zero-order valence-corrected chi connectivity index (χ0v) is 11.4. The second-order valence-corrected chi connectivity index (χ2v) is 5.00. The monoisotopic (exact) mass is 233 g/mol. The molecule has 1 aliphatic heterocycles. The van der Waals surface area contributed by atoms with Gasteiger partial charge in [-0.25, -0.2) is 0 Å². The first kappa shape index (κ1) is 15.2. The molecule has 1 nitrogen and oxygen atoms in total. The minimum Gasteiger partial charge on any atom is -1.00 e. The van der Waals surface area contributed by atoms with Gasteiger partial charge in [0.05, 0.1) is 26.2 Å². The minimum atomic E-state index is 0. The zero-order valence-electron chi connectivity index (χ0n) is 10.6. The average molecular weight is 234 g/mol. The van der Waals surface area contributed by atoms with E-state index in [4.69, 9.17) is 0 Å². The molecule has 0 radical (unpaired) electrons. The van der Waals surface area contributed by atoms with E-state index in [0.29, 0.717) is 0 Å². The van der Waals surface area contributed by atoms with Crippen LogP contribution in [0.3, 0.4) is 0 Å². The summed E-state index contributed by atoms with van der Waals surface area (Å²) in [4.78, 5) is 0. The van der Waals surface area contributed by atoms with Crippen molar-refractivity contribution in [3.8, 4) is 0 Å². The molecular formula is C13H28ClN. The maximum absolute atomic E-state index is 2.32. The smallest absolute Gasteiger partial charge is 0.0786 e. The van der Waals surface area contributed by atoms with Crippen molar-refractivity contribution >= 4 is 0 Å². The van der Waals surface area contributed by atoms with E-state index >= 15 is 0 Å². The Kier molecular flexibility index (Phi) is 8.55. The lowest BCUT2D eigenvalue weighted by Crippen LogP contribution is -3.00. The fourth-order valence-electron chi connectivity index (χ4n) is 2.73. The van der Waals surface area contributed by atoms with E-state index in [2.05, 4.69) is 13.8 Å². The van der Waals surface area contributed by atoms with Gasteiger partial charge in [0, 0.05) is 0 Å². The van der Waals surface area contributed by atoms with Crippen LogP contribution in [0.5, 0.6) is 0 Å². The highest BCUT2D eigenvalue weighted by Crippen LogP contribution is 2.21. The maximum atomic E-state index is 2.32. The second kappa shape index (κ2) is 8.41. The largest absolute Gasteiger partial charge is 1.00 e. The second-order valence-electron chi connectivity index (χ2n) is 5.00. The van der Waals surface area contributed by atoms with Gasteiger partial charge in [-0.3, -0.25) is 0 Å². The topological polar surface area (TPSA) is 0 Å². The molecule has 0 N–H and O–H groups in total. The molecule has 2 heteroatoms. The molecular weight excluding hydrogens is 206 g/mol. The average Bonchev–Trinajstić information content (AvgIpc) is 2.25. The summed E-state index contributed by atoms with van der Waals surface area (Å²) in [5, 5.41) is 0. The Morgan fingerprint density at radius 1 is 0.800 bits per heavy atom. The van der Waals surface area contributed by atoms with Gasteiger partial charge in [-0.05, 0) is 32.1 Å². The van der Waals surface area contributed by atoms with Crippen molar-refractivity contribution in [3.63, 3.8) is 0 Å². The predicted octanol–water partition coefficient (Wildman–Crippen LogP) is 0.591. The van der Waals surface area contributed by atoms with Gasteiger partial charge in [0.2, 0.25) is 0 Å². The van der Waals surface area contributed by atoms with Crippen LogP contribution in [-0.2, 0) is 0 Å². The molecule has 0 aromatic rings. The summed E-state index contributed by atoms with van der Waals surface area (Å²) in [6.07, 6.45) is 10.0. The number of hydrogen-bond acceptors (Lipinski definition) is 0. The third kappa shape index (κ3) is 5.21. The fourth-order valence-corrected chi connectivity index (χ4v) is 2.73. The molecule has 92 valence electrons. The van der Waals surface area contributed by atoms with Crippen molar-refractivity contribution in [2.75, 3.05) is 26.2 Å². The van der Waals surface area contributed by atoms with Crippen molar-refractivity contribution < 1.29 is 16.9 Å². The first-order valence-corrected chi connectivity index (χ1v) is 6.68. The van der Waals surface area contributed by atoms with Gasteiger partial charge in [-0.2, -0.15) is 0 Å². The summed E-state index contributed by atoms with van der Waals surface area (Å²) >= 11 is 0. The number of rotatable bonds is 6. The summed E-state index contributed by atoms with van der Waals surface area (Å²) < 4.78 is 1.46. The minimum absolute atomic E-state index is 0. The van der Waals surface area contributed by atoms with E-state index in [9.17, 15) is 0 Å². The standard InChI is InChI=1S/C13H28N.ClH/c1-3-5-10-14(11-6-4-2)12-8-7-9-13-14;/h3-13H2,1-2H3;1H/q+1;/p-1. The summed E-state index contributed by atoms with van der Waals surface area (Å²) in [6, 6.07) is 0. The van der Waals surface area contributed by atoms with Crippen LogP contribution in [0.25, 0.3) is 0 Å². The summed E-state index contributed by atoms with van der Waals surface area (Å²) in [6.45, 7) is 10.5.